The Hall–Kier alpha value is -3.10. The SMILES string of the molecule is CCc1nn2c(nnc3c(=O)n(C4CC(COC)CC4O)ccc32)c1-c1ccccc1. The van der Waals surface area contributed by atoms with Crippen LogP contribution in [0.25, 0.3) is 27.8 Å². The van der Waals surface area contributed by atoms with Crippen molar-refractivity contribution < 1.29 is 9.84 Å². The summed E-state index contributed by atoms with van der Waals surface area (Å²) >= 11 is 0. The lowest BCUT2D eigenvalue weighted by Gasteiger charge is -2.18. The van der Waals surface area contributed by atoms with E-state index < -0.39 is 6.10 Å². The van der Waals surface area contributed by atoms with Gasteiger partial charge in [0.05, 0.1) is 23.4 Å². The van der Waals surface area contributed by atoms with E-state index >= 15 is 0 Å². The van der Waals surface area contributed by atoms with E-state index in [4.69, 9.17) is 9.84 Å². The van der Waals surface area contributed by atoms with Crippen LogP contribution in [0.15, 0.2) is 47.4 Å². The second kappa shape index (κ2) is 7.86. The van der Waals surface area contributed by atoms with Crippen molar-refractivity contribution in [1.29, 1.82) is 0 Å². The van der Waals surface area contributed by atoms with Crippen molar-refractivity contribution in [3.8, 4) is 11.1 Å². The van der Waals surface area contributed by atoms with Crippen molar-refractivity contribution in [3.05, 3.63) is 58.6 Å². The second-order valence-electron chi connectivity index (χ2n) is 8.17. The third kappa shape index (κ3) is 3.23. The summed E-state index contributed by atoms with van der Waals surface area (Å²) in [7, 11) is 1.65. The monoisotopic (exact) mass is 419 g/mol. The quantitative estimate of drug-likeness (QED) is 0.534. The zero-order valence-electron chi connectivity index (χ0n) is 17.6. The van der Waals surface area contributed by atoms with Gasteiger partial charge >= 0.3 is 0 Å². The Kier molecular flexibility index (Phi) is 5.03. The van der Waals surface area contributed by atoms with Crippen LogP contribution in [0.4, 0.5) is 0 Å². The summed E-state index contributed by atoms with van der Waals surface area (Å²) in [5.41, 5.74) is 4.11. The summed E-state index contributed by atoms with van der Waals surface area (Å²) in [5, 5.41) is 24.0. The predicted molar refractivity (Wildman–Crippen MR) is 117 cm³/mol. The van der Waals surface area contributed by atoms with Gasteiger partial charge in [0.25, 0.3) is 5.56 Å². The van der Waals surface area contributed by atoms with Crippen molar-refractivity contribution >= 4 is 16.7 Å². The van der Waals surface area contributed by atoms with Crippen LogP contribution in [0.5, 0.6) is 0 Å². The number of aryl methyl sites for hydroxylation is 1. The van der Waals surface area contributed by atoms with Crippen LogP contribution in [0.1, 0.15) is 31.5 Å². The minimum Gasteiger partial charge on any atom is -0.391 e. The van der Waals surface area contributed by atoms with E-state index in [0.29, 0.717) is 30.6 Å². The summed E-state index contributed by atoms with van der Waals surface area (Å²) in [4.78, 5) is 13.3. The summed E-state index contributed by atoms with van der Waals surface area (Å²) in [5.74, 6) is 0.229. The lowest BCUT2D eigenvalue weighted by atomic mass is 10.0. The van der Waals surface area contributed by atoms with E-state index in [-0.39, 0.29) is 23.0 Å². The van der Waals surface area contributed by atoms with Gasteiger partial charge in [0.1, 0.15) is 5.52 Å². The van der Waals surface area contributed by atoms with Gasteiger partial charge in [-0.05, 0) is 36.8 Å². The average molecular weight is 419 g/mol. The van der Waals surface area contributed by atoms with Gasteiger partial charge < -0.3 is 14.4 Å². The standard InChI is InChI=1S/C23H25N5O3/c1-3-16-20(15-7-5-4-6-8-15)22-25-24-21-17(28(22)26-16)9-10-27(23(21)30)18-11-14(13-31-2)12-19(18)29/h4-10,14,18-19,29H,3,11-13H2,1-2H3. The number of aromatic nitrogens is 5. The average Bonchev–Trinajstić information content (AvgIpc) is 3.35. The molecule has 8 heteroatoms. The number of methoxy groups -OCH3 is 1. The number of rotatable bonds is 5. The van der Waals surface area contributed by atoms with Crippen molar-refractivity contribution in [1.82, 2.24) is 24.4 Å². The molecule has 0 bridgehead atoms. The Bertz CT molecular complexity index is 1300. The van der Waals surface area contributed by atoms with Crippen LogP contribution in [-0.2, 0) is 11.2 Å². The molecule has 3 unspecified atom stereocenters. The van der Waals surface area contributed by atoms with Gasteiger partial charge in [0.2, 0.25) is 0 Å². The Labute approximate surface area is 179 Å². The van der Waals surface area contributed by atoms with E-state index in [9.17, 15) is 9.90 Å². The van der Waals surface area contributed by atoms with Crippen LogP contribution in [0, 0.1) is 5.92 Å². The Balaban J connectivity index is 1.65. The third-order valence-electron chi connectivity index (χ3n) is 6.23. The Morgan fingerprint density at radius 1 is 1.16 bits per heavy atom. The molecule has 160 valence electrons. The fourth-order valence-corrected chi connectivity index (χ4v) is 4.78. The topological polar surface area (TPSA) is 94.5 Å². The zero-order chi connectivity index (χ0) is 21.5. The predicted octanol–water partition coefficient (Wildman–Crippen LogP) is 2.63. The Morgan fingerprint density at radius 3 is 2.71 bits per heavy atom. The van der Waals surface area contributed by atoms with Gasteiger partial charge in [-0.25, -0.2) is 4.52 Å². The molecule has 5 rings (SSSR count). The summed E-state index contributed by atoms with van der Waals surface area (Å²) in [6, 6.07) is 11.5. The van der Waals surface area contributed by atoms with Crippen molar-refractivity contribution in [2.45, 2.75) is 38.3 Å². The van der Waals surface area contributed by atoms with Gasteiger partial charge in [0, 0.05) is 19.9 Å². The maximum absolute atomic E-state index is 13.3. The maximum Gasteiger partial charge on any atom is 0.280 e. The van der Waals surface area contributed by atoms with Gasteiger partial charge in [-0.2, -0.15) is 5.10 Å². The van der Waals surface area contributed by atoms with Gasteiger partial charge in [-0.1, -0.05) is 37.3 Å². The minimum absolute atomic E-state index is 0.229. The first-order valence-corrected chi connectivity index (χ1v) is 10.6. The molecule has 3 aromatic heterocycles. The molecule has 4 aromatic rings. The van der Waals surface area contributed by atoms with E-state index in [1.165, 1.54) is 0 Å². The highest BCUT2D eigenvalue weighted by Crippen LogP contribution is 2.35. The van der Waals surface area contributed by atoms with Crippen molar-refractivity contribution in [2.75, 3.05) is 13.7 Å². The van der Waals surface area contributed by atoms with Crippen LogP contribution >= 0.6 is 0 Å². The molecule has 3 heterocycles. The molecule has 1 aromatic carbocycles. The van der Waals surface area contributed by atoms with Gasteiger partial charge in [-0.15, -0.1) is 10.2 Å². The summed E-state index contributed by atoms with van der Waals surface area (Å²) < 4.78 is 8.54. The Morgan fingerprint density at radius 2 is 1.97 bits per heavy atom. The molecular formula is C23H25N5O3. The molecule has 0 aliphatic heterocycles. The van der Waals surface area contributed by atoms with E-state index in [1.54, 1.807) is 22.4 Å². The van der Waals surface area contributed by atoms with Gasteiger partial charge in [-0.3, -0.25) is 4.79 Å². The number of pyridine rings is 1. The molecule has 1 fully saturated rings. The highest BCUT2D eigenvalue weighted by Gasteiger charge is 2.35. The second-order valence-corrected chi connectivity index (χ2v) is 8.17. The van der Waals surface area contributed by atoms with E-state index in [2.05, 4.69) is 17.1 Å². The normalized spacial score (nSPS) is 21.3. The fourth-order valence-electron chi connectivity index (χ4n) is 4.78. The van der Waals surface area contributed by atoms with Crippen LogP contribution in [0.3, 0.4) is 0 Å². The molecule has 8 nitrogen and oxygen atoms in total. The summed E-state index contributed by atoms with van der Waals surface area (Å²) in [6.45, 7) is 2.63. The van der Waals surface area contributed by atoms with Crippen LogP contribution in [0.2, 0.25) is 0 Å². The highest BCUT2D eigenvalue weighted by atomic mass is 16.5. The largest absolute Gasteiger partial charge is 0.391 e. The number of aliphatic hydroxyl groups excluding tert-OH is 1. The molecule has 0 amide bonds. The maximum atomic E-state index is 13.3. The minimum atomic E-state index is -0.590. The number of hydrogen-bond acceptors (Lipinski definition) is 6. The van der Waals surface area contributed by atoms with Gasteiger partial charge in [0.15, 0.2) is 11.2 Å². The van der Waals surface area contributed by atoms with E-state index in [0.717, 1.165) is 23.2 Å². The molecule has 1 aliphatic carbocycles. The summed E-state index contributed by atoms with van der Waals surface area (Å²) in [6.07, 6.45) is 3.20. The number of hydrogen-bond donors (Lipinski definition) is 1. The first kappa shape index (κ1) is 19.8. The molecule has 0 radical (unpaired) electrons. The molecular weight excluding hydrogens is 394 g/mol. The number of benzene rings is 1. The van der Waals surface area contributed by atoms with Crippen LogP contribution < -0.4 is 5.56 Å². The smallest absolute Gasteiger partial charge is 0.280 e. The lowest BCUT2D eigenvalue weighted by Crippen LogP contribution is -2.29. The van der Waals surface area contributed by atoms with Crippen LogP contribution in [-0.4, -0.2) is 49.3 Å². The molecule has 1 aliphatic rings. The van der Waals surface area contributed by atoms with Crippen molar-refractivity contribution in [3.63, 3.8) is 0 Å². The fraction of sp³-hybridized carbons (Fsp3) is 0.391. The lowest BCUT2D eigenvalue weighted by molar-refractivity contribution is 0.122. The molecule has 31 heavy (non-hydrogen) atoms. The van der Waals surface area contributed by atoms with E-state index in [1.807, 2.05) is 36.4 Å². The highest BCUT2D eigenvalue weighted by molar-refractivity contribution is 5.84. The molecule has 1 N–H and O–H groups in total. The first-order valence-electron chi connectivity index (χ1n) is 10.6. The number of nitrogens with zero attached hydrogens (tertiary/aromatic N) is 5. The first-order chi connectivity index (χ1) is 15.1. The molecule has 1 saturated carbocycles. The molecule has 0 spiro atoms. The molecule has 3 atom stereocenters. The van der Waals surface area contributed by atoms with Crippen molar-refractivity contribution in [2.24, 2.45) is 5.92 Å². The number of aliphatic hydroxyl groups is 1. The molecule has 0 saturated heterocycles. The number of fused-ring (bicyclic) bond motifs is 3. The third-order valence-corrected chi connectivity index (χ3v) is 6.23. The number of ether oxygens (including phenoxy) is 1. The zero-order valence-corrected chi connectivity index (χ0v) is 17.6.